The second-order valence-electron chi connectivity index (χ2n) is 7.99. The Hall–Kier alpha value is -3.78. The van der Waals surface area contributed by atoms with E-state index in [4.69, 9.17) is 0 Å². The molecule has 0 aliphatic rings. The lowest BCUT2D eigenvalue weighted by Gasteiger charge is -2.25. The molecule has 0 aliphatic heterocycles. The highest BCUT2D eigenvalue weighted by atomic mass is 15.1. The van der Waals surface area contributed by atoms with Crippen LogP contribution >= 0.6 is 0 Å². The molecule has 0 amide bonds. The highest BCUT2D eigenvalue weighted by Gasteiger charge is 2.17. The molecule has 0 saturated carbocycles. The van der Waals surface area contributed by atoms with E-state index in [0.29, 0.717) is 0 Å². The third kappa shape index (κ3) is 6.14. The van der Waals surface area contributed by atoms with E-state index in [-0.39, 0.29) is 5.92 Å². The average Bonchev–Trinajstić information content (AvgIpc) is 2.86. The van der Waals surface area contributed by atoms with E-state index in [0.717, 1.165) is 26.2 Å². The van der Waals surface area contributed by atoms with Gasteiger partial charge in [-0.3, -0.25) is 0 Å². The molecule has 3 aromatic rings. The Kier molecular flexibility index (Phi) is 8.90. The Labute approximate surface area is 199 Å². The summed E-state index contributed by atoms with van der Waals surface area (Å²) >= 11 is 0. The summed E-state index contributed by atoms with van der Waals surface area (Å²) in [4.78, 5) is 4.51. The van der Waals surface area contributed by atoms with E-state index in [1.165, 1.54) is 28.1 Å². The van der Waals surface area contributed by atoms with Crippen LogP contribution in [0.15, 0.2) is 129 Å². The molecule has 0 atom stereocenters. The molecule has 0 spiro atoms. The van der Waals surface area contributed by atoms with Crippen molar-refractivity contribution in [3.63, 3.8) is 0 Å². The second kappa shape index (κ2) is 12.3. The Morgan fingerprint density at radius 2 is 0.818 bits per heavy atom. The highest BCUT2D eigenvalue weighted by molar-refractivity contribution is 5.55. The summed E-state index contributed by atoms with van der Waals surface area (Å²) < 4.78 is 0. The summed E-state index contributed by atoms with van der Waals surface area (Å²) in [5.74, 6) is 0.161. The highest BCUT2D eigenvalue weighted by Crippen LogP contribution is 2.34. The predicted molar refractivity (Wildman–Crippen MR) is 145 cm³/mol. The minimum Gasteiger partial charge on any atom is -0.364 e. The van der Waals surface area contributed by atoms with Crippen molar-refractivity contribution in [1.29, 1.82) is 0 Å². The molecule has 0 fully saturated rings. The van der Waals surface area contributed by atoms with E-state index >= 15 is 0 Å². The summed E-state index contributed by atoms with van der Waals surface area (Å²) in [6, 6.07) is 28.4. The van der Waals surface area contributed by atoms with Crippen LogP contribution in [0.3, 0.4) is 0 Å². The quantitative estimate of drug-likeness (QED) is 0.207. The molecule has 2 nitrogen and oxygen atoms in total. The van der Waals surface area contributed by atoms with Gasteiger partial charge in [-0.05, 0) is 41.0 Å². The first-order valence-electron chi connectivity index (χ1n) is 11.4. The van der Waals surface area contributed by atoms with Gasteiger partial charge in [0.2, 0.25) is 0 Å². The summed E-state index contributed by atoms with van der Waals surface area (Å²) in [5.41, 5.74) is 6.16. The molecular formula is C31H34N2. The molecule has 0 heterocycles. The lowest BCUT2D eigenvalue weighted by atomic mass is 9.85. The lowest BCUT2D eigenvalue weighted by molar-refractivity contribution is 0.939. The van der Waals surface area contributed by atoms with Gasteiger partial charge in [0.15, 0.2) is 0 Å². The number of rotatable bonds is 13. The number of hydrogen-bond donors (Lipinski definition) is 0. The van der Waals surface area contributed by atoms with Gasteiger partial charge in [0.05, 0.1) is 0 Å². The third-order valence-electron chi connectivity index (χ3n) is 5.71. The first-order valence-corrected chi connectivity index (χ1v) is 11.4. The number of benzene rings is 3. The Bertz CT molecular complexity index is 945. The smallest absolute Gasteiger partial charge is 0.0372 e. The van der Waals surface area contributed by atoms with Gasteiger partial charge < -0.3 is 9.80 Å². The molecular weight excluding hydrogens is 400 g/mol. The zero-order valence-electron chi connectivity index (χ0n) is 19.4. The fraction of sp³-hybridized carbons (Fsp3) is 0.161. The van der Waals surface area contributed by atoms with Gasteiger partial charge in [-0.15, -0.1) is 26.3 Å². The second-order valence-corrected chi connectivity index (χ2v) is 7.99. The van der Waals surface area contributed by atoms with Gasteiger partial charge >= 0.3 is 0 Å². The maximum atomic E-state index is 3.89. The van der Waals surface area contributed by atoms with Crippen LogP contribution in [0.25, 0.3) is 0 Å². The molecule has 0 unspecified atom stereocenters. The monoisotopic (exact) mass is 434 g/mol. The third-order valence-corrected chi connectivity index (χ3v) is 5.71. The van der Waals surface area contributed by atoms with Gasteiger partial charge in [-0.1, -0.05) is 78.9 Å². The topological polar surface area (TPSA) is 6.48 Å². The largest absolute Gasteiger partial charge is 0.364 e. The zero-order chi connectivity index (χ0) is 23.5. The van der Waals surface area contributed by atoms with Crippen molar-refractivity contribution in [2.24, 2.45) is 0 Å². The molecule has 0 saturated heterocycles. The van der Waals surface area contributed by atoms with Crippen LogP contribution in [0.2, 0.25) is 0 Å². The molecule has 2 heteroatoms. The first-order chi connectivity index (χ1) is 16.2. The van der Waals surface area contributed by atoms with Gasteiger partial charge in [-0.2, -0.15) is 0 Å². The molecule has 0 N–H and O–H groups in total. The van der Waals surface area contributed by atoms with Crippen molar-refractivity contribution >= 4 is 11.4 Å². The fourth-order valence-corrected chi connectivity index (χ4v) is 4.17. The number of anilines is 2. The average molecular weight is 435 g/mol. The van der Waals surface area contributed by atoms with Crippen molar-refractivity contribution < 1.29 is 0 Å². The summed E-state index contributed by atoms with van der Waals surface area (Å²) in [5, 5.41) is 0. The van der Waals surface area contributed by atoms with E-state index in [9.17, 15) is 0 Å². The van der Waals surface area contributed by atoms with Crippen LogP contribution in [-0.2, 0) is 0 Å². The van der Waals surface area contributed by atoms with Crippen LogP contribution in [0.4, 0.5) is 11.4 Å². The van der Waals surface area contributed by atoms with E-state index < -0.39 is 0 Å². The predicted octanol–water partition coefficient (Wildman–Crippen LogP) is 7.22. The number of nitrogens with zero attached hydrogens (tertiary/aromatic N) is 2. The Morgan fingerprint density at radius 1 is 0.485 bits per heavy atom. The molecule has 0 bridgehead atoms. The fourth-order valence-electron chi connectivity index (χ4n) is 4.17. The summed E-state index contributed by atoms with van der Waals surface area (Å²) in [7, 11) is 0. The number of hydrogen-bond acceptors (Lipinski definition) is 2. The van der Waals surface area contributed by atoms with Gasteiger partial charge in [0.1, 0.15) is 0 Å². The van der Waals surface area contributed by atoms with Crippen LogP contribution in [0.5, 0.6) is 0 Å². The Balaban J connectivity index is 1.96. The molecule has 168 valence electrons. The van der Waals surface area contributed by atoms with Crippen molar-refractivity contribution in [2.45, 2.75) is 5.92 Å². The zero-order valence-corrected chi connectivity index (χ0v) is 19.4. The lowest BCUT2D eigenvalue weighted by Crippen LogP contribution is -2.23. The molecule has 0 aromatic heterocycles. The summed E-state index contributed by atoms with van der Waals surface area (Å²) in [6.07, 6.45) is 7.70. The molecule has 3 rings (SSSR count). The van der Waals surface area contributed by atoms with Crippen molar-refractivity contribution in [3.05, 3.63) is 146 Å². The van der Waals surface area contributed by atoms with Crippen LogP contribution in [0.1, 0.15) is 22.6 Å². The van der Waals surface area contributed by atoms with Gasteiger partial charge in [0.25, 0.3) is 0 Å². The standard InChI is InChI=1S/C31H34N2/c1-5-22-32(23-6-2)29-18-14-27(15-19-29)31(26-12-10-9-11-13-26)28-16-20-30(21-17-28)33(24-7-3)25-8-4/h5-21,31H,1-4,22-25H2. The van der Waals surface area contributed by atoms with E-state index in [2.05, 4.69) is 115 Å². The molecule has 0 radical (unpaired) electrons. The first kappa shape index (κ1) is 23.9. The maximum Gasteiger partial charge on any atom is 0.0372 e. The summed E-state index contributed by atoms with van der Waals surface area (Å²) in [6.45, 7) is 18.7. The minimum absolute atomic E-state index is 0.161. The molecule has 0 aliphatic carbocycles. The Morgan fingerprint density at radius 3 is 1.15 bits per heavy atom. The normalized spacial score (nSPS) is 10.5. The van der Waals surface area contributed by atoms with E-state index in [1.807, 2.05) is 24.3 Å². The van der Waals surface area contributed by atoms with Gasteiger partial charge in [0, 0.05) is 43.5 Å². The van der Waals surface area contributed by atoms with Crippen molar-refractivity contribution in [3.8, 4) is 0 Å². The maximum absolute atomic E-state index is 3.89. The van der Waals surface area contributed by atoms with Crippen molar-refractivity contribution in [1.82, 2.24) is 0 Å². The molecule has 3 aromatic carbocycles. The van der Waals surface area contributed by atoms with Crippen LogP contribution < -0.4 is 9.80 Å². The van der Waals surface area contributed by atoms with Crippen LogP contribution in [-0.4, -0.2) is 26.2 Å². The van der Waals surface area contributed by atoms with Crippen molar-refractivity contribution in [2.75, 3.05) is 36.0 Å². The minimum atomic E-state index is 0.161. The van der Waals surface area contributed by atoms with Crippen LogP contribution in [0, 0.1) is 0 Å². The van der Waals surface area contributed by atoms with E-state index in [1.54, 1.807) is 0 Å². The molecule has 33 heavy (non-hydrogen) atoms. The SMILES string of the molecule is C=CCN(CC=C)c1ccc(C(c2ccccc2)c2ccc(N(CC=C)CC=C)cc2)cc1. The van der Waals surface area contributed by atoms with Gasteiger partial charge in [-0.25, -0.2) is 0 Å².